The third kappa shape index (κ3) is 5.41. The third-order valence-electron chi connectivity index (χ3n) is 6.55. The molecule has 44 heavy (non-hydrogen) atoms. The number of carbonyl (C=O) groups excluding carboxylic acids is 3. The van der Waals surface area contributed by atoms with E-state index in [0.717, 1.165) is 6.20 Å². The number of alkyl halides is 3. The van der Waals surface area contributed by atoms with E-state index in [1.165, 1.54) is 29.9 Å². The summed E-state index contributed by atoms with van der Waals surface area (Å²) >= 11 is 0. The summed E-state index contributed by atoms with van der Waals surface area (Å²) in [5, 5.41) is 15.5. The fourth-order valence-electron chi connectivity index (χ4n) is 4.51. The van der Waals surface area contributed by atoms with Crippen molar-refractivity contribution in [2.24, 2.45) is 0 Å². The summed E-state index contributed by atoms with van der Waals surface area (Å²) in [5.41, 5.74) is 7.00. The summed E-state index contributed by atoms with van der Waals surface area (Å²) in [6.45, 7) is 1.74. The van der Waals surface area contributed by atoms with Crippen LogP contribution in [0.1, 0.15) is 37.5 Å². The monoisotopic (exact) mass is 602 g/mol. The van der Waals surface area contributed by atoms with Crippen LogP contribution in [0.5, 0.6) is 17.2 Å². The largest absolute Gasteiger partial charge is 0.491 e. The molecular weight excluding hydrogens is 581 g/mol. The van der Waals surface area contributed by atoms with E-state index in [2.05, 4.69) is 20.1 Å². The van der Waals surface area contributed by atoms with Crippen LogP contribution in [0.15, 0.2) is 66.9 Å². The second kappa shape index (κ2) is 11.3. The van der Waals surface area contributed by atoms with Crippen LogP contribution in [0.3, 0.4) is 0 Å². The Morgan fingerprint density at radius 1 is 1.05 bits per heavy atom. The summed E-state index contributed by atoms with van der Waals surface area (Å²) in [6, 6.07) is 17.7. The van der Waals surface area contributed by atoms with Crippen molar-refractivity contribution >= 4 is 34.4 Å². The molecule has 2 heterocycles. The first-order valence-corrected chi connectivity index (χ1v) is 12.8. The number of aromatic amines is 1. The average Bonchev–Trinajstić information content (AvgIpc) is 3.56. The number of nitrogens with two attached hydrogens (primary N) is 1. The maximum Gasteiger partial charge on any atom is 0.491 e. The van der Waals surface area contributed by atoms with E-state index in [1.807, 2.05) is 6.07 Å². The van der Waals surface area contributed by atoms with Gasteiger partial charge in [-0.25, -0.2) is 9.48 Å². The van der Waals surface area contributed by atoms with Gasteiger partial charge in [-0.1, -0.05) is 12.1 Å². The lowest BCUT2D eigenvalue weighted by atomic mass is 10.1. The van der Waals surface area contributed by atoms with Crippen molar-refractivity contribution in [1.82, 2.24) is 20.1 Å². The van der Waals surface area contributed by atoms with E-state index in [0.29, 0.717) is 28.3 Å². The Balaban J connectivity index is 1.53. The molecule has 0 aliphatic heterocycles. The Morgan fingerprint density at radius 3 is 2.45 bits per heavy atom. The molecule has 0 saturated carbocycles. The molecule has 5 rings (SSSR count). The quantitative estimate of drug-likeness (QED) is 0.174. The first-order valence-electron chi connectivity index (χ1n) is 12.8. The number of anilines is 1. The topological polar surface area (TPSA) is 165 Å². The number of nitrogen functional groups attached to an aromatic ring is 1. The summed E-state index contributed by atoms with van der Waals surface area (Å²) in [4.78, 5) is 40.7. The Labute approximate surface area is 246 Å². The molecule has 222 valence electrons. The summed E-state index contributed by atoms with van der Waals surface area (Å²) in [6.07, 6.45) is -4.27. The second-order valence-electron chi connectivity index (χ2n) is 9.40. The number of nitriles is 1. The van der Waals surface area contributed by atoms with Crippen molar-refractivity contribution in [2.75, 3.05) is 12.8 Å². The van der Waals surface area contributed by atoms with Gasteiger partial charge in [0.2, 0.25) is 5.78 Å². The Kier molecular flexibility index (Phi) is 7.54. The zero-order valence-electron chi connectivity index (χ0n) is 22.9. The molecule has 0 fully saturated rings. The number of hydrogen-bond donors (Lipinski definition) is 3. The molecule has 0 aliphatic rings. The molecule has 0 unspecified atom stereocenters. The lowest BCUT2D eigenvalue weighted by molar-refractivity contribution is -0.189. The van der Waals surface area contributed by atoms with Crippen molar-refractivity contribution in [2.45, 2.75) is 13.1 Å². The van der Waals surface area contributed by atoms with Crippen LogP contribution in [0.4, 0.5) is 19.0 Å². The van der Waals surface area contributed by atoms with Gasteiger partial charge in [0, 0.05) is 7.05 Å². The standard InChI is InChI=1S/C30H21F3N6O5/c1-15-11-18(43-17-6-3-5-16(12-17)13-34)9-10-22(15)39-27(35)20(14-37-39)25(40)24-26(44-29(42)30(31,32)33)23-19(28(41)36-2)7-4-8-21(23)38-24/h3-12,14,38H,35H2,1-2H3,(H,36,41). The molecule has 11 nitrogen and oxygen atoms in total. The minimum Gasteiger partial charge on any atom is -0.457 e. The van der Waals surface area contributed by atoms with Gasteiger partial charge >= 0.3 is 12.1 Å². The van der Waals surface area contributed by atoms with E-state index in [-0.39, 0.29) is 27.8 Å². The molecule has 5 aromatic rings. The molecule has 0 atom stereocenters. The lowest BCUT2D eigenvalue weighted by Gasteiger charge is -2.12. The molecular formula is C30H21F3N6O5. The molecule has 1 amide bonds. The SMILES string of the molecule is CNC(=O)c1cccc2[nH]c(C(=O)c3cnn(-c4ccc(Oc5cccc(C#N)c5)cc4C)c3N)c(OC(=O)C(F)(F)F)c12. The zero-order valence-corrected chi connectivity index (χ0v) is 22.9. The number of esters is 1. The van der Waals surface area contributed by atoms with E-state index in [1.54, 1.807) is 49.4 Å². The maximum absolute atomic E-state index is 13.7. The van der Waals surface area contributed by atoms with Gasteiger partial charge in [0.25, 0.3) is 5.91 Å². The number of benzene rings is 3. The number of carbonyl (C=O) groups is 3. The van der Waals surface area contributed by atoms with E-state index in [4.69, 9.17) is 15.7 Å². The molecule has 0 radical (unpaired) electrons. The number of rotatable bonds is 7. The Bertz CT molecular complexity index is 2000. The Morgan fingerprint density at radius 2 is 1.77 bits per heavy atom. The molecule has 4 N–H and O–H groups in total. The van der Waals surface area contributed by atoms with Gasteiger partial charge in [-0.05, 0) is 61.0 Å². The summed E-state index contributed by atoms with van der Waals surface area (Å²) in [7, 11) is 1.31. The summed E-state index contributed by atoms with van der Waals surface area (Å²) < 4.78 is 51.3. The van der Waals surface area contributed by atoms with Crippen LogP contribution in [0, 0.1) is 18.3 Å². The second-order valence-corrected chi connectivity index (χ2v) is 9.40. The normalized spacial score (nSPS) is 11.2. The van der Waals surface area contributed by atoms with Crippen LogP contribution in [-0.2, 0) is 4.79 Å². The first-order chi connectivity index (χ1) is 20.9. The molecule has 0 aliphatic carbocycles. The van der Waals surface area contributed by atoms with Crippen molar-refractivity contribution < 1.29 is 37.0 Å². The number of aromatic nitrogens is 3. The molecule has 0 spiro atoms. The number of ether oxygens (including phenoxy) is 2. The van der Waals surface area contributed by atoms with Crippen LogP contribution >= 0.6 is 0 Å². The molecule has 2 aromatic heterocycles. The fourth-order valence-corrected chi connectivity index (χ4v) is 4.51. The van der Waals surface area contributed by atoms with Gasteiger partial charge in [-0.3, -0.25) is 9.59 Å². The van der Waals surface area contributed by atoms with E-state index < -0.39 is 35.3 Å². The van der Waals surface area contributed by atoms with Gasteiger partial charge in [0.05, 0.1) is 45.5 Å². The number of halogens is 3. The predicted octanol–water partition coefficient (Wildman–Crippen LogP) is 4.97. The number of aryl methyl sites for hydroxylation is 1. The highest BCUT2D eigenvalue weighted by molar-refractivity contribution is 6.18. The highest BCUT2D eigenvalue weighted by atomic mass is 19.4. The highest BCUT2D eigenvalue weighted by Gasteiger charge is 2.43. The molecule has 14 heteroatoms. The number of hydrogen-bond acceptors (Lipinski definition) is 8. The number of amides is 1. The predicted molar refractivity (Wildman–Crippen MR) is 151 cm³/mol. The molecule has 3 aromatic carbocycles. The van der Waals surface area contributed by atoms with Crippen LogP contribution in [-0.4, -0.2) is 45.6 Å². The van der Waals surface area contributed by atoms with Gasteiger partial charge in [-0.2, -0.15) is 23.5 Å². The minimum atomic E-state index is -5.39. The number of H-pyrrole nitrogens is 1. The molecule has 0 bridgehead atoms. The van der Waals surface area contributed by atoms with Crippen LogP contribution in [0.25, 0.3) is 16.6 Å². The van der Waals surface area contributed by atoms with Gasteiger partial charge in [0.1, 0.15) is 23.0 Å². The van der Waals surface area contributed by atoms with E-state index in [9.17, 15) is 27.6 Å². The lowest BCUT2D eigenvalue weighted by Crippen LogP contribution is -2.28. The Hall–Kier alpha value is -6.10. The third-order valence-corrected chi connectivity index (χ3v) is 6.55. The van der Waals surface area contributed by atoms with E-state index >= 15 is 0 Å². The van der Waals surface area contributed by atoms with Gasteiger partial charge < -0.3 is 25.5 Å². The van der Waals surface area contributed by atoms with Gasteiger partial charge in [-0.15, -0.1) is 0 Å². The van der Waals surface area contributed by atoms with Crippen molar-refractivity contribution in [3.8, 4) is 29.0 Å². The van der Waals surface area contributed by atoms with Crippen LogP contribution < -0.4 is 20.5 Å². The van der Waals surface area contributed by atoms with Crippen molar-refractivity contribution in [1.29, 1.82) is 5.26 Å². The van der Waals surface area contributed by atoms with Crippen LogP contribution in [0.2, 0.25) is 0 Å². The fraction of sp³-hybridized carbons (Fsp3) is 0.100. The average molecular weight is 603 g/mol. The zero-order chi connectivity index (χ0) is 31.8. The minimum absolute atomic E-state index is 0.0668. The number of nitrogens with zero attached hydrogens (tertiary/aromatic N) is 3. The first kappa shape index (κ1) is 29.4. The number of fused-ring (bicyclic) bond motifs is 1. The smallest absolute Gasteiger partial charge is 0.457 e. The number of nitrogens with one attached hydrogen (secondary N) is 2. The van der Waals surface area contributed by atoms with Crippen molar-refractivity contribution in [3.63, 3.8) is 0 Å². The van der Waals surface area contributed by atoms with Crippen molar-refractivity contribution in [3.05, 3.63) is 94.8 Å². The highest BCUT2D eigenvalue weighted by Crippen LogP contribution is 2.37. The number of ketones is 1. The molecule has 0 saturated heterocycles. The summed E-state index contributed by atoms with van der Waals surface area (Å²) in [5.74, 6) is -4.26. The maximum atomic E-state index is 13.7. The van der Waals surface area contributed by atoms with Gasteiger partial charge in [0.15, 0.2) is 5.75 Å².